The van der Waals surface area contributed by atoms with E-state index in [0.29, 0.717) is 10.7 Å². The molecule has 1 aromatic carbocycles. The number of rotatable bonds is 2. The molecule has 3 aromatic rings. The fraction of sp³-hybridized carbons (Fsp3) is 0.118. The predicted molar refractivity (Wildman–Crippen MR) is 89.4 cm³/mol. The lowest BCUT2D eigenvalue weighted by molar-refractivity contribution is 1.13. The van der Waals surface area contributed by atoms with Gasteiger partial charge in [-0.3, -0.25) is 4.98 Å². The summed E-state index contributed by atoms with van der Waals surface area (Å²) in [5.74, 6) is 0. The molecule has 0 radical (unpaired) electrons. The minimum atomic E-state index is 0.513. The van der Waals surface area contributed by atoms with Gasteiger partial charge in [0, 0.05) is 17.0 Å². The first-order chi connectivity index (χ1) is 10.6. The summed E-state index contributed by atoms with van der Waals surface area (Å²) in [7, 11) is 0. The zero-order chi connectivity index (χ0) is 15.7. The molecule has 0 spiro atoms. The molecular formula is C17H14N4S. The van der Waals surface area contributed by atoms with Gasteiger partial charge in [0.05, 0.1) is 22.2 Å². The van der Waals surface area contributed by atoms with Gasteiger partial charge in [0.1, 0.15) is 0 Å². The Kier molecular flexibility index (Phi) is 3.61. The Hall–Kier alpha value is -2.71. The van der Waals surface area contributed by atoms with E-state index in [2.05, 4.69) is 16.0 Å². The molecule has 0 saturated carbocycles. The summed E-state index contributed by atoms with van der Waals surface area (Å²) in [5, 5.41) is 9.59. The van der Waals surface area contributed by atoms with Gasteiger partial charge in [0.2, 0.25) is 0 Å². The third kappa shape index (κ3) is 2.69. The van der Waals surface area contributed by atoms with Crippen LogP contribution in [0.2, 0.25) is 0 Å². The Bertz CT molecular complexity index is 870. The number of hydrogen-bond acceptors (Lipinski definition) is 5. The van der Waals surface area contributed by atoms with Gasteiger partial charge in [-0.2, -0.15) is 5.26 Å². The average molecular weight is 306 g/mol. The quantitative estimate of drug-likeness (QED) is 0.778. The van der Waals surface area contributed by atoms with Crippen molar-refractivity contribution >= 4 is 16.5 Å². The number of thiazole rings is 1. The van der Waals surface area contributed by atoms with Gasteiger partial charge in [-0.05, 0) is 43.7 Å². The smallest absolute Gasteiger partial charge is 0.181 e. The Morgan fingerprint density at radius 2 is 1.77 bits per heavy atom. The van der Waals surface area contributed by atoms with Crippen LogP contribution < -0.4 is 5.73 Å². The number of nitrogen functional groups attached to an aromatic ring is 1. The number of nitrogens with zero attached hydrogens (tertiary/aromatic N) is 3. The van der Waals surface area contributed by atoms with Gasteiger partial charge < -0.3 is 5.73 Å². The minimum absolute atomic E-state index is 0.513. The summed E-state index contributed by atoms with van der Waals surface area (Å²) in [6.07, 6.45) is 0. The summed E-state index contributed by atoms with van der Waals surface area (Å²) in [4.78, 5) is 9.87. The van der Waals surface area contributed by atoms with Crippen molar-refractivity contribution in [3.63, 3.8) is 0 Å². The van der Waals surface area contributed by atoms with Crippen LogP contribution in [0.1, 0.15) is 17.0 Å². The topological polar surface area (TPSA) is 75.6 Å². The van der Waals surface area contributed by atoms with E-state index in [0.717, 1.165) is 33.1 Å². The van der Waals surface area contributed by atoms with Crippen LogP contribution in [-0.4, -0.2) is 9.97 Å². The second kappa shape index (κ2) is 5.58. The van der Waals surface area contributed by atoms with Crippen molar-refractivity contribution in [2.24, 2.45) is 0 Å². The molecule has 0 unspecified atom stereocenters. The third-order valence-electron chi connectivity index (χ3n) is 3.25. The lowest BCUT2D eigenvalue weighted by Crippen LogP contribution is -1.89. The largest absolute Gasteiger partial charge is 0.375 e. The van der Waals surface area contributed by atoms with Crippen LogP contribution in [0, 0.1) is 25.2 Å². The molecule has 22 heavy (non-hydrogen) atoms. The number of nitriles is 1. The van der Waals surface area contributed by atoms with E-state index in [1.807, 2.05) is 44.2 Å². The second-order valence-corrected chi connectivity index (χ2v) is 6.09. The first kappa shape index (κ1) is 14.2. The summed E-state index contributed by atoms with van der Waals surface area (Å²) < 4.78 is 0. The van der Waals surface area contributed by atoms with Gasteiger partial charge in [0.25, 0.3) is 0 Å². The van der Waals surface area contributed by atoms with Gasteiger partial charge >= 0.3 is 0 Å². The van der Waals surface area contributed by atoms with Crippen molar-refractivity contribution in [1.29, 1.82) is 5.26 Å². The van der Waals surface area contributed by atoms with Crippen LogP contribution in [-0.2, 0) is 0 Å². The Morgan fingerprint density at radius 1 is 1.05 bits per heavy atom. The number of aromatic nitrogens is 2. The maximum Gasteiger partial charge on any atom is 0.181 e. The molecule has 0 aliphatic heterocycles. The SMILES string of the molecule is Cc1cc(-c2sc(N)nc2-c2cccc(C#N)c2)cc(C)n1. The molecule has 0 saturated heterocycles. The van der Waals surface area contributed by atoms with Crippen LogP contribution in [0.5, 0.6) is 0 Å². The highest BCUT2D eigenvalue weighted by molar-refractivity contribution is 7.19. The zero-order valence-electron chi connectivity index (χ0n) is 12.3. The average Bonchev–Trinajstić information content (AvgIpc) is 2.88. The maximum atomic E-state index is 9.07. The summed E-state index contributed by atoms with van der Waals surface area (Å²) in [6, 6.07) is 13.6. The van der Waals surface area contributed by atoms with Crippen LogP contribution in [0.4, 0.5) is 5.13 Å². The number of pyridine rings is 1. The molecule has 0 atom stereocenters. The van der Waals surface area contributed by atoms with E-state index in [4.69, 9.17) is 11.0 Å². The van der Waals surface area contributed by atoms with E-state index in [1.165, 1.54) is 11.3 Å². The van der Waals surface area contributed by atoms with Crippen molar-refractivity contribution in [1.82, 2.24) is 9.97 Å². The van der Waals surface area contributed by atoms with Crippen molar-refractivity contribution < 1.29 is 0 Å². The van der Waals surface area contributed by atoms with Crippen molar-refractivity contribution in [3.8, 4) is 27.8 Å². The van der Waals surface area contributed by atoms with Crippen molar-refractivity contribution in [2.75, 3.05) is 5.73 Å². The highest BCUT2D eigenvalue weighted by atomic mass is 32.1. The van der Waals surface area contributed by atoms with E-state index in [9.17, 15) is 0 Å². The molecule has 5 heteroatoms. The second-order valence-electron chi connectivity index (χ2n) is 5.06. The molecule has 0 aliphatic carbocycles. The number of hydrogen-bond donors (Lipinski definition) is 1. The van der Waals surface area contributed by atoms with Crippen LogP contribution in [0.25, 0.3) is 21.7 Å². The van der Waals surface area contributed by atoms with E-state index in [1.54, 1.807) is 6.07 Å². The monoisotopic (exact) mass is 306 g/mol. The third-order valence-corrected chi connectivity index (χ3v) is 4.19. The molecule has 2 N–H and O–H groups in total. The molecule has 3 rings (SSSR count). The van der Waals surface area contributed by atoms with Gasteiger partial charge in [-0.1, -0.05) is 23.5 Å². The van der Waals surface area contributed by atoms with E-state index >= 15 is 0 Å². The number of anilines is 1. The van der Waals surface area contributed by atoms with E-state index in [-0.39, 0.29) is 0 Å². The van der Waals surface area contributed by atoms with Crippen molar-refractivity contribution in [2.45, 2.75) is 13.8 Å². The lowest BCUT2D eigenvalue weighted by Gasteiger charge is -2.05. The predicted octanol–water partition coefficient (Wildman–Crippen LogP) is 3.94. The number of nitrogens with two attached hydrogens (primary N) is 1. The van der Waals surface area contributed by atoms with Crippen LogP contribution >= 0.6 is 11.3 Å². The summed E-state index contributed by atoms with van der Waals surface area (Å²) in [6.45, 7) is 3.94. The highest BCUT2D eigenvalue weighted by Crippen LogP contribution is 2.38. The summed E-state index contributed by atoms with van der Waals surface area (Å²) >= 11 is 1.45. The molecule has 2 heterocycles. The molecule has 0 bridgehead atoms. The molecule has 0 amide bonds. The molecule has 108 valence electrons. The fourth-order valence-electron chi connectivity index (χ4n) is 2.43. The zero-order valence-corrected chi connectivity index (χ0v) is 13.1. The maximum absolute atomic E-state index is 9.07. The van der Waals surface area contributed by atoms with Gasteiger partial charge in [0.15, 0.2) is 5.13 Å². The fourth-order valence-corrected chi connectivity index (χ4v) is 3.27. The highest BCUT2D eigenvalue weighted by Gasteiger charge is 2.15. The molecule has 2 aromatic heterocycles. The Balaban J connectivity index is 2.20. The number of benzene rings is 1. The lowest BCUT2D eigenvalue weighted by atomic mass is 10.0. The Labute approximate surface area is 132 Å². The first-order valence-corrected chi connectivity index (χ1v) is 7.61. The molecule has 4 nitrogen and oxygen atoms in total. The number of aryl methyl sites for hydroxylation is 2. The normalized spacial score (nSPS) is 10.4. The summed E-state index contributed by atoms with van der Waals surface area (Å²) in [5.41, 5.74) is 11.2. The Morgan fingerprint density at radius 3 is 2.45 bits per heavy atom. The standard InChI is InChI=1S/C17H14N4S/c1-10-6-14(7-11(2)20-10)16-15(21-17(19)22-16)13-5-3-4-12(8-13)9-18/h3-8H,1-2H3,(H2,19,21). The van der Waals surface area contributed by atoms with E-state index < -0.39 is 0 Å². The minimum Gasteiger partial charge on any atom is -0.375 e. The molecular weight excluding hydrogens is 292 g/mol. The molecule has 0 aliphatic rings. The van der Waals surface area contributed by atoms with Gasteiger partial charge in [-0.25, -0.2) is 4.98 Å². The molecule has 0 fully saturated rings. The van der Waals surface area contributed by atoms with Gasteiger partial charge in [-0.15, -0.1) is 0 Å². The van der Waals surface area contributed by atoms with Crippen molar-refractivity contribution in [3.05, 3.63) is 53.3 Å². The van der Waals surface area contributed by atoms with Crippen LogP contribution in [0.15, 0.2) is 36.4 Å². The first-order valence-electron chi connectivity index (χ1n) is 6.79. The van der Waals surface area contributed by atoms with Crippen LogP contribution in [0.3, 0.4) is 0 Å².